The lowest BCUT2D eigenvalue weighted by molar-refractivity contribution is 0.0277. The molecule has 0 saturated heterocycles. The van der Waals surface area contributed by atoms with Crippen molar-refractivity contribution < 1.29 is 28.2 Å². The average Bonchev–Trinajstić information content (AvgIpc) is 2.84. The topological polar surface area (TPSA) is 101 Å². The molecule has 2 N–H and O–H groups in total. The summed E-state index contributed by atoms with van der Waals surface area (Å²) >= 11 is 0. The zero-order valence-corrected chi connectivity index (χ0v) is 21.1. The number of Topliss-reactive ketones (excluding diaryl/α,β-unsaturated/α-hetero) is 1. The highest BCUT2D eigenvalue weighted by atomic mass is 19.1. The number of amides is 1. The number of benzene rings is 1. The number of methoxy groups -OCH3 is 1. The minimum Gasteiger partial charge on any atom is -0.503 e. The number of aromatic nitrogens is 1. The van der Waals surface area contributed by atoms with Crippen LogP contribution in [-0.2, 0) is 17.8 Å². The van der Waals surface area contributed by atoms with E-state index in [0.717, 1.165) is 25.5 Å². The molecule has 2 aromatic rings. The summed E-state index contributed by atoms with van der Waals surface area (Å²) in [7, 11) is 3.47. The van der Waals surface area contributed by atoms with Gasteiger partial charge in [0.25, 0.3) is 5.91 Å². The van der Waals surface area contributed by atoms with Gasteiger partial charge >= 0.3 is 0 Å². The molecule has 0 radical (unpaired) electrons. The summed E-state index contributed by atoms with van der Waals surface area (Å²) in [6.07, 6.45) is 3.56. The van der Waals surface area contributed by atoms with E-state index in [2.05, 4.69) is 17.1 Å². The summed E-state index contributed by atoms with van der Waals surface area (Å²) in [6, 6.07) is 2.68. The normalized spacial score (nSPS) is 19.4. The highest BCUT2D eigenvalue weighted by Gasteiger charge is 2.49. The Hall–Kier alpha value is -3.11. The SMILES string of the molecule is CCCCN(C)C1Cn2cc(C(=O)NCc3ccc(F)cc3F)c(=O)c(O)c2C(=O)C1(C)CCOC. The van der Waals surface area contributed by atoms with Gasteiger partial charge in [0.1, 0.15) is 22.9 Å². The fraction of sp³-hybridized carbons (Fsp3) is 0.500. The van der Waals surface area contributed by atoms with Gasteiger partial charge in [0.15, 0.2) is 11.5 Å². The second kappa shape index (κ2) is 11.3. The van der Waals surface area contributed by atoms with Crippen molar-refractivity contribution in [1.82, 2.24) is 14.8 Å². The molecule has 1 aromatic carbocycles. The molecule has 8 nitrogen and oxygen atoms in total. The second-order valence-electron chi connectivity index (χ2n) is 9.48. The van der Waals surface area contributed by atoms with Gasteiger partial charge in [0.05, 0.1) is 5.41 Å². The van der Waals surface area contributed by atoms with E-state index in [1.54, 1.807) is 7.11 Å². The molecule has 10 heteroatoms. The molecule has 1 aliphatic heterocycles. The summed E-state index contributed by atoms with van der Waals surface area (Å²) in [5.41, 5.74) is -2.39. The first-order valence-electron chi connectivity index (χ1n) is 12.0. The van der Waals surface area contributed by atoms with Crippen LogP contribution < -0.4 is 10.7 Å². The van der Waals surface area contributed by atoms with Gasteiger partial charge < -0.3 is 24.6 Å². The third-order valence-corrected chi connectivity index (χ3v) is 7.02. The van der Waals surface area contributed by atoms with E-state index in [1.165, 1.54) is 16.8 Å². The monoisotopic (exact) mass is 505 g/mol. The van der Waals surface area contributed by atoms with Crippen LogP contribution in [0.15, 0.2) is 29.2 Å². The van der Waals surface area contributed by atoms with Gasteiger partial charge in [-0.3, -0.25) is 14.4 Å². The number of rotatable bonds is 10. The smallest absolute Gasteiger partial charge is 0.257 e. The Bertz CT molecular complexity index is 1200. The van der Waals surface area contributed by atoms with Crippen molar-refractivity contribution in [3.8, 4) is 5.75 Å². The highest BCUT2D eigenvalue weighted by Crippen LogP contribution is 2.40. The van der Waals surface area contributed by atoms with E-state index in [-0.39, 0.29) is 36.0 Å². The molecule has 0 bridgehead atoms. The lowest BCUT2D eigenvalue weighted by Crippen LogP contribution is -2.56. The molecule has 1 aliphatic rings. The molecule has 2 atom stereocenters. The van der Waals surface area contributed by atoms with Crippen LogP contribution in [0.2, 0.25) is 0 Å². The van der Waals surface area contributed by atoms with Crippen molar-refractivity contribution in [2.75, 3.05) is 27.3 Å². The molecule has 2 unspecified atom stereocenters. The number of hydrogen-bond acceptors (Lipinski definition) is 6. The van der Waals surface area contributed by atoms with Crippen LogP contribution in [-0.4, -0.2) is 59.6 Å². The third-order valence-electron chi connectivity index (χ3n) is 7.02. The molecule has 0 aliphatic carbocycles. The first kappa shape index (κ1) is 27.5. The largest absolute Gasteiger partial charge is 0.503 e. The maximum atomic E-state index is 13.9. The first-order valence-corrected chi connectivity index (χ1v) is 12.0. The number of carbonyl (C=O) groups excluding carboxylic acids is 2. The Morgan fingerprint density at radius 2 is 2.06 bits per heavy atom. The number of pyridine rings is 1. The Balaban J connectivity index is 1.97. The predicted octanol–water partition coefficient (Wildman–Crippen LogP) is 3.10. The van der Waals surface area contributed by atoms with Gasteiger partial charge in [-0.15, -0.1) is 0 Å². The Labute approximate surface area is 208 Å². The van der Waals surface area contributed by atoms with Crippen LogP contribution in [0.25, 0.3) is 0 Å². The fourth-order valence-electron chi connectivity index (χ4n) is 4.72. The summed E-state index contributed by atoms with van der Waals surface area (Å²) in [4.78, 5) is 41.5. The van der Waals surface area contributed by atoms with E-state index in [9.17, 15) is 28.3 Å². The minimum absolute atomic E-state index is 0.0359. The quantitative estimate of drug-likeness (QED) is 0.515. The van der Waals surface area contributed by atoms with Crippen molar-refractivity contribution in [1.29, 1.82) is 0 Å². The van der Waals surface area contributed by atoms with Crippen LogP contribution in [0.5, 0.6) is 5.75 Å². The van der Waals surface area contributed by atoms with Crippen LogP contribution in [0.3, 0.4) is 0 Å². The molecule has 196 valence electrons. The molecule has 0 spiro atoms. The van der Waals surface area contributed by atoms with Gasteiger partial charge in [-0.25, -0.2) is 8.78 Å². The molecule has 1 aromatic heterocycles. The van der Waals surface area contributed by atoms with Crippen LogP contribution >= 0.6 is 0 Å². The fourth-order valence-corrected chi connectivity index (χ4v) is 4.72. The minimum atomic E-state index is -0.987. The number of ketones is 1. The van der Waals surface area contributed by atoms with Crippen LogP contribution in [0, 0.1) is 17.0 Å². The lowest BCUT2D eigenvalue weighted by Gasteiger charge is -2.46. The summed E-state index contributed by atoms with van der Waals surface area (Å²) in [6.45, 7) is 4.93. The Kier molecular flexibility index (Phi) is 8.63. The van der Waals surface area contributed by atoms with E-state index in [1.807, 2.05) is 14.0 Å². The summed E-state index contributed by atoms with van der Waals surface area (Å²) < 4.78 is 33.8. The van der Waals surface area contributed by atoms with E-state index in [0.29, 0.717) is 19.1 Å². The summed E-state index contributed by atoms with van der Waals surface area (Å²) in [5, 5.41) is 13.2. The van der Waals surface area contributed by atoms with Gasteiger partial charge in [-0.2, -0.15) is 0 Å². The average molecular weight is 506 g/mol. The summed E-state index contributed by atoms with van der Waals surface area (Å²) in [5.74, 6) is -3.61. The number of fused-ring (bicyclic) bond motifs is 1. The van der Waals surface area contributed by atoms with Crippen LogP contribution in [0.1, 0.15) is 59.5 Å². The maximum Gasteiger partial charge on any atom is 0.257 e. The third kappa shape index (κ3) is 5.34. The number of unbranched alkanes of at least 4 members (excludes halogenated alkanes) is 1. The Morgan fingerprint density at radius 3 is 2.69 bits per heavy atom. The van der Waals surface area contributed by atoms with Crippen LogP contribution in [0.4, 0.5) is 8.78 Å². The maximum absolute atomic E-state index is 13.9. The van der Waals surface area contributed by atoms with Crippen molar-refractivity contribution in [3.63, 3.8) is 0 Å². The number of aromatic hydroxyl groups is 1. The number of ether oxygens (including phenoxy) is 1. The molecule has 0 fully saturated rings. The van der Waals surface area contributed by atoms with E-state index < -0.39 is 39.9 Å². The number of nitrogens with zero attached hydrogens (tertiary/aromatic N) is 2. The van der Waals surface area contributed by atoms with E-state index >= 15 is 0 Å². The lowest BCUT2D eigenvalue weighted by atomic mass is 9.71. The van der Waals surface area contributed by atoms with Gasteiger partial charge in [0.2, 0.25) is 5.43 Å². The molecule has 1 amide bonds. The molecule has 2 heterocycles. The van der Waals surface area contributed by atoms with Crippen molar-refractivity contribution in [2.45, 2.75) is 52.2 Å². The zero-order chi connectivity index (χ0) is 26.6. The second-order valence-corrected chi connectivity index (χ2v) is 9.48. The number of hydrogen-bond donors (Lipinski definition) is 2. The molecular weight excluding hydrogens is 472 g/mol. The van der Waals surface area contributed by atoms with Gasteiger partial charge in [-0.1, -0.05) is 26.3 Å². The number of carbonyl (C=O) groups is 2. The molecule has 0 saturated carbocycles. The molecular formula is C26H33F2N3O5. The van der Waals surface area contributed by atoms with Gasteiger partial charge in [-0.05, 0) is 32.5 Å². The number of likely N-dealkylation sites (N-methyl/N-ethyl adjacent to an activating group) is 1. The Morgan fingerprint density at radius 1 is 1.33 bits per heavy atom. The molecule has 36 heavy (non-hydrogen) atoms. The van der Waals surface area contributed by atoms with Crippen molar-refractivity contribution in [3.05, 3.63) is 63.1 Å². The zero-order valence-electron chi connectivity index (χ0n) is 21.1. The van der Waals surface area contributed by atoms with Crippen molar-refractivity contribution >= 4 is 11.7 Å². The first-order chi connectivity index (χ1) is 17.0. The van der Waals surface area contributed by atoms with E-state index in [4.69, 9.17) is 4.74 Å². The number of halogens is 2. The standard InChI is InChI=1S/C26H33F2N3O5/c1-5-6-10-30(3)20-15-31-14-18(25(35)29-13-16-7-8-17(27)12-19(16)28)22(32)23(33)21(31)24(34)26(20,2)9-11-36-4/h7-8,12,14,20,33H,5-6,9-11,13,15H2,1-4H3,(H,29,35). The molecule has 3 rings (SSSR count). The predicted molar refractivity (Wildman–Crippen MR) is 130 cm³/mol. The van der Waals surface area contributed by atoms with Gasteiger partial charge in [0, 0.05) is 50.7 Å². The highest BCUT2D eigenvalue weighted by molar-refractivity contribution is 6.03. The number of nitrogens with one attached hydrogen (secondary N) is 1. The van der Waals surface area contributed by atoms with Crippen molar-refractivity contribution in [2.24, 2.45) is 5.41 Å².